The largest absolute Gasteiger partial charge is 0.486 e. The van der Waals surface area contributed by atoms with Gasteiger partial charge in [-0.3, -0.25) is 4.79 Å². The summed E-state index contributed by atoms with van der Waals surface area (Å²) >= 11 is 0. The number of rotatable bonds is 5. The van der Waals surface area contributed by atoms with E-state index in [9.17, 15) is 26.4 Å². The lowest BCUT2D eigenvalue weighted by Crippen LogP contribution is -2.41. The Bertz CT molecular complexity index is 1140. The lowest BCUT2D eigenvalue weighted by Gasteiger charge is -2.31. The van der Waals surface area contributed by atoms with Gasteiger partial charge in [-0.2, -0.15) is 17.5 Å². The number of ether oxygens (including phenoxy) is 3. The van der Waals surface area contributed by atoms with Crippen molar-refractivity contribution in [2.24, 2.45) is 5.92 Å². The first-order valence-corrected chi connectivity index (χ1v) is 12.2. The first-order chi connectivity index (χ1) is 16.1. The number of piperidine rings is 1. The Kier molecular flexibility index (Phi) is 6.77. The van der Waals surface area contributed by atoms with Gasteiger partial charge in [-0.1, -0.05) is 23.8 Å². The molecule has 11 heteroatoms. The third-order valence-corrected chi connectivity index (χ3v) is 7.76. The first-order valence-electron chi connectivity index (χ1n) is 10.8. The molecular weight excluding hydrogens is 475 g/mol. The topological polar surface area (TPSA) is 82.1 Å². The SMILES string of the molecule is Cc1ccc(S(=O)(=O)N2CCC(C(=O)O[C@@H](c3ccc4c(c3)OCCO4)C(F)(F)F)CC2)cc1. The van der Waals surface area contributed by atoms with Crippen molar-refractivity contribution in [1.29, 1.82) is 0 Å². The lowest BCUT2D eigenvalue weighted by molar-refractivity contribution is -0.226. The number of hydrogen-bond donors (Lipinski definition) is 0. The minimum absolute atomic E-state index is 0.0106. The molecule has 0 saturated carbocycles. The summed E-state index contributed by atoms with van der Waals surface area (Å²) in [6.07, 6.45) is -7.18. The summed E-state index contributed by atoms with van der Waals surface area (Å²) < 4.78 is 83.8. The van der Waals surface area contributed by atoms with E-state index < -0.39 is 34.2 Å². The van der Waals surface area contributed by atoms with Crippen molar-refractivity contribution in [3.8, 4) is 11.5 Å². The summed E-state index contributed by atoms with van der Waals surface area (Å²) in [5.41, 5.74) is 0.641. The number of alkyl halides is 3. The van der Waals surface area contributed by atoms with E-state index in [-0.39, 0.29) is 48.7 Å². The molecule has 0 spiro atoms. The number of fused-ring (bicyclic) bond motifs is 1. The second kappa shape index (κ2) is 9.46. The number of halogens is 3. The van der Waals surface area contributed by atoms with Crippen LogP contribution in [0.4, 0.5) is 13.2 Å². The van der Waals surface area contributed by atoms with Crippen molar-refractivity contribution in [2.45, 2.75) is 36.9 Å². The molecule has 0 radical (unpaired) electrons. The predicted octanol–water partition coefficient (Wildman–Crippen LogP) is 4.01. The molecule has 0 unspecified atom stereocenters. The molecule has 1 atom stereocenters. The monoisotopic (exact) mass is 499 g/mol. The summed E-state index contributed by atoms with van der Waals surface area (Å²) in [7, 11) is -3.75. The van der Waals surface area contributed by atoms with Crippen molar-refractivity contribution in [3.63, 3.8) is 0 Å². The summed E-state index contributed by atoms with van der Waals surface area (Å²) in [6, 6.07) is 10.1. The van der Waals surface area contributed by atoms with Crippen molar-refractivity contribution >= 4 is 16.0 Å². The van der Waals surface area contributed by atoms with Crippen LogP contribution in [0.5, 0.6) is 11.5 Å². The zero-order valence-electron chi connectivity index (χ0n) is 18.4. The van der Waals surface area contributed by atoms with E-state index >= 15 is 0 Å². The average molecular weight is 500 g/mol. The van der Waals surface area contributed by atoms with Crippen LogP contribution in [0.1, 0.15) is 30.1 Å². The van der Waals surface area contributed by atoms with E-state index in [1.54, 1.807) is 12.1 Å². The van der Waals surface area contributed by atoms with E-state index in [1.807, 2.05) is 6.92 Å². The molecule has 34 heavy (non-hydrogen) atoms. The van der Waals surface area contributed by atoms with Gasteiger partial charge in [0.05, 0.1) is 10.8 Å². The van der Waals surface area contributed by atoms with E-state index in [0.717, 1.165) is 11.6 Å². The quantitative estimate of drug-likeness (QED) is 0.579. The Morgan fingerprint density at radius 1 is 1.03 bits per heavy atom. The number of nitrogens with zero attached hydrogens (tertiary/aromatic N) is 1. The smallest absolute Gasteiger partial charge is 0.429 e. The van der Waals surface area contributed by atoms with Gasteiger partial charge in [0.2, 0.25) is 16.1 Å². The molecule has 184 valence electrons. The fraction of sp³-hybridized carbons (Fsp3) is 0.435. The van der Waals surface area contributed by atoms with Gasteiger partial charge in [-0.15, -0.1) is 0 Å². The number of aryl methyl sites for hydroxylation is 1. The Balaban J connectivity index is 1.43. The number of sulfonamides is 1. The molecule has 0 aliphatic carbocycles. The summed E-state index contributed by atoms with van der Waals surface area (Å²) in [5.74, 6) is -1.37. The van der Waals surface area contributed by atoms with Crippen LogP contribution >= 0.6 is 0 Å². The highest BCUT2D eigenvalue weighted by atomic mass is 32.2. The van der Waals surface area contributed by atoms with Crippen LogP contribution in [0.3, 0.4) is 0 Å². The zero-order valence-corrected chi connectivity index (χ0v) is 19.2. The Hall–Kier alpha value is -2.79. The fourth-order valence-electron chi connectivity index (χ4n) is 3.95. The second-order valence-electron chi connectivity index (χ2n) is 8.25. The van der Waals surface area contributed by atoms with Gasteiger partial charge in [0.25, 0.3) is 0 Å². The summed E-state index contributed by atoms with van der Waals surface area (Å²) in [4.78, 5) is 12.8. The molecule has 0 N–H and O–H groups in total. The maximum atomic E-state index is 13.8. The molecule has 0 bridgehead atoms. The molecule has 0 amide bonds. The molecule has 2 aliphatic rings. The number of benzene rings is 2. The number of hydrogen-bond acceptors (Lipinski definition) is 6. The van der Waals surface area contributed by atoms with Crippen LogP contribution in [0, 0.1) is 12.8 Å². The van der Waals surface area contributed by atoms with Crippen LogP contribution in [-0.4, -0.2) is 51.2 Å². The van der Waals surface area contributed by atoms with E-state index in [4.69, 9.17) is 14.2 Å². The van der Waals surface area contributed by atoms with E-state index in [1.165, 1.54) is 28.6 Å². The van der Waals surface area contributed by atoms with E-state index in [2.05, 4.69) is 0 Å². The van der Waals surface area contributed by atoms with Crippen molar-refractivity contribution < 1.29 is 40.6 Å². The standard InChI is InChI=1S/C23H24F3NO6S/c1-15-2-5-18(6-3-15)34(29,30)27-10-8-16(9-11-27)22(28)33-21(23(24,25)26)17-4-7-19-20(14-17)32-13-12-31-19/h2-7,14,16,21H,8-13H2,1H3/t21-/m0/s1. The second-order valence-corrected chi connectivity index (χ2v) is 10.2. The number of carbonyl (C=O) groups excluding carboxylic acids is 1. The fourth-order valence-corrected chi connectivity index (χ4v) is 5.42. The minimum Gasteiger partial charge on any atom is -0.486 e. The van der Waals surface area contributed by atoms with Gasteiger partial charge in [-0.05, 0) is 44.0 Å². The van der Waals surface area contributed by atoms with Crippen molar-refractivity contribution in [2.75, 3.05) is 26.3 Å². The lowest BCUT2D eigenvalue weighted by atomic mass is 9.98. The van der Waals surface area contributed by atoms with Gasteiger partial charge in [0, 0.05) is 18.7 Å². The van der Waals surface area contributed by atoms with Crippen molar-refractivity contribution in [3.05, 3.63) is 53.6 Å². The van der Waals surface area contributed by atoms with Crippen LogP contribution in [0.2, 0.25) is 0 Å². The minimum atomic E-state index is -4.84. The van der Waals surface area contributed by atoms with Crippen LogP contribution in [-0.2, 0) is 19.6 Å². The van der Waals surface area contributed by atoms with Crippen LogP contribution in [0.25, 0.3) is 0 Å². The van der Waals surface area contributed by atoms with Gasteiger partial charge < -0.3 is 14.2 Å². The van der Waals surface area contributed by atoms with Gasteiger partial charge in [-0.25, -0.2) is 8.42 Å². The van der Waals surface area contributed by atoms with Gasteiger partial charge >= 0.3 is 12.1 Å². The highest BCUT2D eigenvalue weighted by Gasteiger charge is 2.46. The third-order valence-electron chi connectivity index (χ3n) is 5.85. The number of carbonyl (C=O) groups is 1. The van der Waals surface area contributed by atoms with Gasteiger partial charge in [0.15, 0.2) is 11.5 Å². The normalized spacial score (nSPS) is 18.4. The molecule has 2 aliphatic heterocycles. The average Bonchev–Trinajstić information content (AvgIpc) is 2.81. The highest BCUT2D eigenvalue weighted by molar-refractivity contribution is 7.89. The highest BCUT2D eigenvalue weighted by Crippen LogP contribution is 2.41. The Labute approximate surface area is 195 Å². The molecule has 2 aromatic carbocycles. The molecular formula is C23H24F3NO6S. The van der Waals surface area contributed by atoms with E-state index in [0.29, 0.717) is 12.4 Å². The number of esters is 1. The summed E-state index contributed by atoms with van der Waals surface area (Å²) in [5, 5.41) is 0. The molecule has 7 nitrogen and oxygen atoms in total. The summed E-state index contributed by atoms with van der Waals surface area (Å²) in [6.45, 7) is 2.36. The zero-order chi connectivity index (χ0) is 24.5. The van der Waals surface area contributed by atoms with Crippen LogP contribution < -0.4 is 9.47 Å². The first kappa shape index (κ1) is 24.3. The molecule has 1 fully saturated rings. The van der Waals surface area contributed by atoms with Crippen molar-refractivity contribution in [1.82, 2.24) is 4.31 Å². The molecule has 1 saturated heterocycles. The third kappa shape index (κ3) is 5.15. The molecule has 4 rings (SSSR count). The molecule has 2 aromatic rings. The van der Waals surface area contributed by atoms with Gasteiger partial charge in [0.1, 0.15) is 13.2 Å². The molecule has 0 aromatic heterocycles. The Morgan fingerprint density at radius 3 is 2.26 bits per heavy atom. The predicted molar refractivity (Wildman–Crippen MR) is 115 cm³/mol. The maximum Gasteiger partial charge on any atom is 0.429 e. The molecule has 2 heterocycles. The van der Waals surface area contributed by atoms with Crippen LogP contribution in [0.15, 0.2) is 47.4 Å². The Morgan fingerprint density at radius 2 is 1.65 bits per heavy atom. The maximum absolute atomic E-state index is 13.8.